The topological polar surface area (TPSA) is 56.7 Å². The highest BCUT2D eigenvalue weighted by atomic mass is 127. The van der Waals surface area contributed by atoms with Crippen molar-refractivity contribution in [3.05, 3.63) is 28.7 Å². The lowest BCUT2D eigenvalue weighted by atomic mass is 9.93. The molecule has 1 aliphatic carbocycles. The average Bonchev–Trinajstić information content (AvgIpc) is 2.61. The monoisotopic (exact) mass is 555 g/mol. The molecule has 1 aromatic carbocycles. The van der Waals surface area contributed by atoms with Crippen LogP contribution in [0.15, 0.2) is 38.6 Å². The van der Waals surface area contributed by atoms with E-state index >= 15 is 0 Å². The minimum atomic E-state index is -0.111. The smallest absolute Gasteiger partial charge is 0.191 e. The number of nitrogens with one attached hydrogen (secondary N) is 2. The van der Waals surface area contributed by atoms with Gasteiger partial charge in [0.05, 0.1) is 6.10 Å². The first-order valence-electron chi connectivity index (χ1n) is 9.29. The molecule has 1 fully saturated rings. The first kappa shape index (κ1) is 24.0. The molecule has 1 aromatic rings. The Morgan fingerprint density at radius 3 is 2.65 bits per heavy atom. The second-order valence-electron chi connectivity index (χ2n) is 6.40. The molecule has 26 heavy (non-hydrogen) atoms. The van der Waals surface area contributed by atoms with Crippen molar-refractivity contribution in [1.82, 2.24) is 10.6 Å². The first-order chi connectivity index (χ1) is 12.2. The van der Waals surface area contributed by atoms with Crippen LogP contribution < -0.4 is 10.6 Å². The van der Waals surface area contributed by atoms with Crippen LogP contribution >= 0.6 is 51.7 Å². The zero-order valence-electron chi connectivity index (χ0n) is 15.4. The Bertz CT molecular complexity index is 539. The van der Waals surface area contributed by atoms with Crippen molar-refractivity contribution < 1.29 is 5.11 Å². The van der Waals surface area contributed by atoms with Crippen LogP contribution in [0.3, 0.4) is 0 Å². The van der Waals surface area contributed by atoms with Gasteiger partial charge in [-0.15, -0.1) is 35.7 Å². The summed E-state index contributed by atoms with van der Waals surface area (Å²) in [6.45, 7) is 3.82. The summed E-state index contributed by atoms with van der Waals surface area (Å²) < 4.78 is 1.18. The Hall–Kier alpha value is 0.01000. The van der Waals surface area contributed by atoms with Crippen molar-refractivity contribution in [2.24, 2.45) is 4.99 Å². The normalized spacial score (nSPS) is 20.3. The molecule has 0 spiro atoms. The molecule has 0 aliphatic heterocycles. The molecule has 0 atom stereocenters. The summed E-state index contributed by atoms with van der Waals surface area (Å²) in [7, 11) is 0. The van der Waals surface area contributed by atoms with E-state index in [1.54, 1.807) is 0 Å². The second-order valence-corrected chi connectivity index (χ2v) is 8.39. The number of rotatable bonds is 8. The molecule has 7 heteroatoms. The lowest BCUT2D eigenvalue weighted by Crippen LogP contribution is -2.45. The number of nitrogens with zero attached hydrogens (tertiary/aromatic N) is 1. The Labute approximate surface area is 187 Å². The van der Waals surface area contributed by atoms with Crippen LogP contribution in [-0.2, 0) is 0 Å². The van der Waals surface area contributed by atoms with Crippen molar-refractivity contribution in [2.45, 2.75) is 62.5 Å². The molecular formula is C19H31BrIN3OS. The predicted octanol–water partition coefficient (Wildman–Crippen LogP) is 4.80. The minimum Gasteiger partial charge on any atom is -0.393 e. The van der Waals surface area contributed by atoms with Crippen LogP contribution in [-0.4, -0.2) is 42.1 Å². The van der Waals surface area contributed by atoms with E-state index in [9.17, 15) is 5.11 Å². The van der Waals surface area contributed by atoms with Gasteiger partial charge in [-0.1, -0.05) is 12.1 Å². The molecule has 4 nitrogen and oxygen atoms in total. The molecular weight excluding hydrogens is 525 g/mol. The number of aliphatic imine (C=N–C) groups is 1. The number of aliphatic hydroxyl groups excluding tert-OH is 1. The highest BCUT2D eigenvalue weighted by Crippen LogP contribution is 2.27. The maximum atomic E-state index is 9.61. The van der Waals surface area contributed by atoms with Gasteiger partial charge in [0.25, 0.3) is 0 Å². The molecule has 1 aliphatic rings. The third-order valence-corrected chi connectivity index (χ3v) is 6.41. The van der Waals surface area contributed by atoms with Crippen LogP contribution in [0.4, 0.5) is 0 Å². The molecule has 1 saturated carbocycles. The van der Waals surface area contributed by atoms with Crippen LogP contribution in [0.5, 0.6) is 0 Å². The summed E-state index contributed by atoms with van der Waals surface area (Å²) in [5.74, 6) is 2.03. The third kappa shape index (κ3) is 9.28. The molecule has 0 saturated heterocycles. The number of benzene rings is 1. The molecule has 148 valence electrons. The van der Waals surface area contributed by atoms with E-state index in [2.05, 4.69) is 51.7 Å². The molecule has 0 bridgehead atoms. The Morgan fingerprint density at radius 2 is 1.96 bits per heavy atom. The number of halogens is 2. The van der Waals surface area contributed by atoms with Crippen molar-refractivity contribution in [3.63, 3.8) is 0 Å². The van der Waals surface area contributed by atoms with E-state index < -0.39 is 0 Å². The van der Waals surface area contributed by atoms with Crippen molar-refractivity contribution in [2.75, 3.05) is 18.8 Å². The number of unbranched alkanes of at least 4 members (excludes halogenated alkanes) is 1. The highest BCUT2D eigenvalue weighted by molar-refractivity contribution is 14.0. The van der Waals surface area contributed by atoms with E-state index in [1.165, 1.54) is 9.37 Å². The van der Waals surface area contributed by atoms with Crippen molar-refractivity contribution in [3.8, 4) is 0 Å². The second kappa shape index (κ2) is 14.1. The lowest BCUT2D eigenvalue weighted by Gasteiger charge is -2.27. The van der Waals surface area contributed by atoms with E-state index in [1.807, 2.05) is 17.8 Å². The van der Waals surface area contributed by atoms with Gasteiger partial charge < -0.3 is 15.7 Å². The standard InChI is InChI=1S/C19H30BrN3OS.HI/c1-2-21-19(23-15-9-11-16(24)12-10-15)22-13-5-6-14-25-18-8-4-3-7-17(18)20;/h3-4,7-8,15-16,24H,2,5-6,9-14H2,1H3,(H2,21,22,23);1H. The van der Waals surface area contributed by atoms with Crippen LogP contribution in [0.25, 0.3) is 0 Å². The molecule has 2 rings (SSSR count). The van der Waals surface area contributed by atoms with Crippen molar-refractivity contribution >= 4 is 57.6 Å². The van der Waals surface area contributed by atoms with Gasteiger partial charge in [0.15, 0.2) is 5.96 Å². The van der Waals surface area contributed by atoms with E-state index in [-0.39, 0.29) is 30.1 Å². The van der Waals surface area contributed by atoms with Crippen LogP contribution in [0.1, 0.15) is 45.4 Å². The maximum Gasteiger partial charge on any atom is 0.191 e. The fourth-order valence-electron chi connectivity index (χ4n) is 2.88. The van der Waals surface area contributed by atoms with Gasteiger partial charge in [-0.05, 0) is 79.3 Å². The summed E-state index contributed by atoms with van der Waals surface area (Å²) in [5.41, 5.74) is 0. The predicted molar refractivity (Wildman–Crippen MR) is 127 cm³/mol. The van der Waals surface area contributed by atoms with Gasteiger partial charge in [0.2, 0.25) is 0 Å². The number of aliphatic hydroxyl groups is 1. The minimum absolute atomic E-state index is 0. The molecule has 0 unspecified atom stereocenters. The molecule has 3 N–H and O–H groups in total. The van der Waals surface area contributed by atoms with Gasteiger partial charge in [0, 0.05) is 28.5 Å². The average molecular weight is 556 g/mol. The fourth-order valence-corrected chi connectivity index (χ4v) is 4.46. The molecule has 0 aromatic heterocycles. The third-order valence-electron chi connectivity index (χ3n) is 4.30. The number of hydrogen-bond donors (Lipinski definition) is 3. The SMILES string of the molecule is CCNC(=NCCCCSc1ccccc1Br)NC1CCC(O)CC1.I. The van der Waals surface area contributed by atoms with Gasteiger partial charge in [0.1, 0.15) is 0 Å². The summed E-state index contributed by atoms with van der Waals surface area (Å²) in [4.78, 5) is 6.01. The zero-order chi connectivity index (χ0) is 17.9. The highest BCUT2D eigenvalue weighted by Gasteiger charge is 2.19. The van der Waals surface area contributed by atoms with E-state index in [0.29, 0.717) is 6.04 Å². The Morgan fingerprint density at radius 1 is 1.23 bits per heavy atom. The van der Waals surface area contributed by atoms with Crippen LogP contribution in [0, 0.1) is 0 Å². The van der Waals surface area contributed by atoms with Crippen LogP contribution in [0.2, 0.25) is 0 Å². The van der Waals surface area contributed by atoms with E-state index in [4.69, 9.17) is 4.99 Å². The van der Waals surface area contributed by atoms with E-state index in [0.717, 1.165) is 63.3 Å². The number of guanidine groups is 1. The molecule has 0 radical (unpaired) electrons. The van der Waals surface area contributed by atoms with Gasteiger partial charge >= 0.3 is 0 Å². The first-order valence-corrected chi connectivity index (χ1v) is 11.1. The zero-order valence-corrected chi connectivity index (χ0v) is 20.1. The Kier molecular flexibility index (Phi) is 13.0. The summed E-state index contributed by atoms with van der Waals surface area (Å²) in [5, 5.41) is 16.5. The Balaban J connectivity index is 0.00000338. The fraction of sp³-hybridized carbons (Fsp3) is 0.632. The summed E-state index contributed by atoms with van der Waals surface area (Å²) >= 11 is 5.49. The summed E-state index contributed by atoms with van der Waals surface area (Å²) in [6, 6.07) is 8.81. The van der Waals surface area contributed by atoms with Crippen molar-refractivity contribution in [1.29, 1.82) is 0 Å². The molecule has 0 heterocycles. The lowest BCUT2D eigenvalue weighted by molar-refractivity contribution is 0.120. The largest absolute Gasteiger partial charge is 0.393 e. The van der Waals surface area contributed by atoms with Gasteiger partial charge in [-0.2, -0.15) is 0 Å². The summed E-state index contributed by atoms with van der Waals surface area (Å²) in [6.07, 6.45) is 5.97. The number of hydrogen-bond acceptors (Lipinski definition) is 3. The number of thioether (sulfide) groups is 1. The molecule has 0 amide bonds. The van der Waals surface area contributed by atoms with Gasteiger partial charge in [-0.3, -0.25) is 4.99 Å². The van der Waals surface area contributed by atoms with Gasteiger partial charge in [-0.25, -0.2) is 0 Å². The quantitative estimate of drug-likeness (QED) is 0.142. The maximum absolute atomic E-state index is 9.61.